The van der Waals surface area contributed by atoms with Crippen molar-refractivity contribution in [2.75, 3.05) is 11.9 Å². The van der Waals surface area contributed by atoms with Crippen molar-refractivity contribution in [1.29, 1.82) is 0 Å². The normalized spacial score (nSPS) is 13.5. The predicted molar refractivity (Wildman–Crippen MR) is 91.9 cm³/mol. The van der Waals surface area contributed by atoms with Crippen molar-refractivity contribution < 1.29 is 22.1 Å². The minimum Gasteiger partial charge on any atom is -0.482 e. The lowest BCUT2D eigenvalue weighted by Gasteiger charge is -2.18. The molecule has 0 atom stereocenters. The zero-order valence-corrected chi connectivity index (χ0v) is 14.1. The quantitative estimate of drug-likeness (QED) is 0.704. The lowest BCUT2D eigenvalue weighted by molar-refractivity contribution is -0.118. The Morgan fingerprint density at radius 3 is 2.85 bits per heavy atom. The SMILES string of the molecule is O=C1COc2ccc(S(=O)(=O)Oc3cccc(-n4cccn4)c3)cc2N1. The summed E-state index contributed by atoms with van der Waals surface area (Å²) < 4.78 is 37.2. The minimum atomic E-state index is -4.09. The molecule has 0 aliphatic carbocycles. The van der Waals surface area contributed by atoms with Crippen molar-refractivity contribution in [2.45, 2.75) is 4.90 Å². The summed E-state index contributed by atoms with van der Waals surface area (Å²) in [6, 6.07) is 12.4. The maximum Gasteiger partial charge on any atom is 0.339 e. The molecule has 3 aromatic rings. The number of carbonyl (C=O) groups excluding carboxylic acids is 1. The van der Waals surface area contributed by atoms with Crippen molar-refractivity contribution in [3.8, 4) is 17.2 Å². The van der Waals surface area contributed by atoms with Crippen LogP contribution >= 0.6 is 0 Å². The highest BCUT2D eigenvalue weighted by Crippen LogP contribution is 2.31. The number of ether oxygens (including phenoxy) is 1. The molecule has 132 valence electrons. The Kier molecular flexibility index (Phi) is 3.85. The van der Waals surface area contributed by atoms with Gasteiger partial charge in [-0.15, -0.1) is 0 Å². The number of aromatic nitrogens is 2. The third kappa shape index (κ3) is 3.11. The van der Waals surface area contributed by atoms with Crippen molar-refractivity contribution in [3.63, 3.8) is 0 Å². The number of anilines is 1. The Balaban J connectivity index is 1.63. The number of nitrogens with one attached hydrogen (secondary N) is 1. The maximum atomic E-state index is 12.6. The predicted octanol–water partition coefficient (Wildman–Crippen LogP) is 1.97. The molecule has 0 saturated heterocycles. The summed E-state index contributed by atoms with van der Waals surface area (Å²) in [5, 5.41) is 6.66. The number of fused-ring (bicyclic) bond motifs is 1. The molecule has 0 saturated carbocycles. The molecule has 26 heavy (non-hydrogen) atoms. The molecule has 1 aliphatic heterocycles. The Morgan fingerprint density at radius 1 is 1.15 bits per heavy atom. The number of hydrogen-bond donors (Lipinski definition) is 1. The highest BCUT2D eigenvalue weighted by molar-refractivity contribution is 7.87. The van der Waals surface area contributed by atoms with E-state index in [1.54, 1.807) is 41.3 Å². The summed E-state index contributed by atoms with van der Waals surface area (Å²) in [6.45, 7) is -0.101. The van der Waals surface area contributed by atoms with Gasteiger partial charge in [-0.05, 0) is 36.4 Å². The third-order valence-corrected chi connectivity index (χ3v) is 4.91. The van der Waals surface area contributed by atoms with E-state index in [-0.39, 0.29) is 28.8 Å². The molecule has 0 unspecified atom stereocenters. The number of nitrogens with zero attached hydrogens (tertiary/aromatic N) is 2. The van der Waals surface area contributed by atoms with Crippen LogP contribution in [0.2, 0.25) is 0 Å². The zero-order chi connectivity index (χ0) is 18.1. The summed E-state index contributed by atoms with van der Waals surface area (Å²) >= 11 is 0. The van der Waals surface area contributed by atoms with E-state index in [1.165, 1.54) is 24.3 Å². The molecule has 1 N–H and O–H groups in total. The number of hydrogen-bond acceptors (Lipinski definition) is 6. The van der Waals surface area contributed by atoms with E-state index in [2.05, 4.69) is 10.4 Å². The van der Waals surface area contributed by atoms with Crippen LogP contribution in [0.4, 0.5) is 5.69 Å². The highest BCUT2D eigenvalue weighted by atomic mass is 32.2. The molecule has 1 amide bonds. The molecule has 0 fully saturated rings. The molecule has 9 heteroatoms. The van der Waals surface area contributed by atoms with Crippen molar-refractivity contribution in [3.05, 3.63) is 60.9 Å². The summed E-state index contributed by atoms with van der Waals surface area (Å²) in [7, 11) is -4.09. The highest BCUT2D eigenvalue weighted by Gasteiger charge is 2.22. The van der Waals surface area contributed by atoms with Crippen LogP contribution in [0.25, 0.3) is 5.69 Å². The Bertz CT molecular complexity index is 1080. The van der Waals surface area contributed by atoms with Gasteiger partial charge in [-0.2, -0.15) is 13.5 Å². The first-order valence-electron chi connectivity index (χ1n) is 7.62. The maximum absolute atomic E-state index is 12.6. The van der Waals surface area contributed by atoms with E-state index in [0.717, 1.165) is 0 Å². The molecular weight excluding hydrogens is 358 g/mol. The van der Waals surface area contributed by atoms with Gasteiger partial charge in [0.05, 0.1) is 11.4 Å². The first-order chi connectivity index (χ1) is 12.5. The second kappa shape index (κ2) is 6.19. The van der Waals surface area contributed by atoms with Crippen LogP contribution in [0.5, 0.6) is 11.5 Å². The average Bonchev–Trinajstić information content (AvgIpc) is 3.15. The standard InChI is InChI=1S/C17H13N3O5S/c21-17-11-24-16-6-5-14(10-15(16)19-17)26(22,23)25-13-4-1-3-12(9-13)20-8-2-7-18-20/h1-10H,11H2,(H,19,21). The largest absolute Gasteiger partial charge is 0.482 e. The lowest BCUT2D eigenvalue weighted by Crippen LogP contribution is -2.25. The molecule has 4 rings (SSSR count). The average molecular weight is 371 g/mol. The molecule has 8 nitrogen and oxygen atoms in total. The van der Waals surface area contributed by atoms with Crippen LogP contribution in [-0.4, -0.2) is 30.7 Å². The van der Waals surface area contributed by atoms with Crippen molar-refractivity contribution in [2.24, 2.45) is 0 Å². The van der Waals surface area contributed by atoms with E-state index in [4.69, 9.17) is 8.92 Å². The Hall–Kier alpha value is -3.33. The van der Waals surface area contributed by atoms with Crippen LogP contribution in [0.3, 0.4) is 0 Å². The van der Waals surface area contributed by atoms with E-state index in [9.17, 15) is 13.2 Å². The van der Waals surface area contributed by atoms with Gasteiger partial charge in [-0.25, -0.2) is 4.68 Å². The fourth-order valence-electron chi connectivity index (χ4n) is 2.49. The van der Waals surface area contributed by atoms with Gasteiger partial charge >= 0.3 is 10.1 Å². The van der Waals surface area contributed by atoms with Crippen molar-refractivity contribution in [1.82, 2.24) is 9.78 Å². The van der Waals surface area contributed by atoms with Gasteiger partial charge in [0.2, 0.25) is 0 Å². The monoisotopic (exact) mass is 371 g/mol. The molecule has 1 aromatic heterocycles. The van der Waals surface area contributed by atoms with Crippen LogP contribution < -0.4 is 14.2 Å². The zero-order valence-electron chi connectivity index (χ0n) is 13.3. The van der Waals surface area contributed by atoms with Gasteiger partial charge < -0.3 is 14.2 Å². The van der Waals surface area contributed by atoms with Gasteiger partial charge in [0.15, 0.2) is 6.61 Å². The Labute approximate surface area is 149 Å². The number of benzene rings is 2. The molecule has 0 radical (unpaired) electrons. The fraction of sp³-hybridized carbons (Fsp3) is 0.0588. The molecule has 0 bridgehead atoms. The molecular formula is C17H13N3O5S. The second-order valence-corrected chi connectivity index (χ2v) is 7.03. The van der Waals surface area contributed by atoms with Crippen LogP contribution in [0, 0.1) is 0 Å². The molecule has 2 aromatic carbocycles. The van der Waals surface area contributed by atoms with E-state index in [1.807, 2.05) is 0 Å². The van der Waals surface area contributed by atoms with E-state index in [0.29, 0.717) is 11.4 Å². The summed E-state index contributed by atoms with van der Waals surface area (Å²) in [5.41, 5.74) is 0.949. The summed E-state index contributed by atoms with van der Waals surface area (Å²) in [4.78, 5) is 11.3. The Morgan fingerprint density at radius 2 is 2.04 bits per heavy atom. The van der Waals surface area contributed by atoms with Crippen LogP contribution in [0.15, 0.2) is 65.8 Å². The van der Waals surface area contributed by atoms with Gasteiger partial charge in [0.25, 0.3) is 5.91 Å². The minimum absolute atomic E-state index is 0.0912. The van der Waals surface area contributed by atoms with Gasteiger partial charge in [0.1, 0.15) is 16.4 Å². The topological polar surface area (TPSA) is 99.5 Å². The summed E-state index contributed by atoms with van der Waals surface area (Å²) in [5.74, 6) is 0.208. The van der Waals surface area contributed by atoms with Gasteiger partial charge in [-0.3, -0.25) is 4.79 Å². The number of rotatable bonds is 4. The number of carbonyl (C=O) groups is 1. The fourth-order valence-corrected chi connectivity index (χ4v) is 3.44. The smallest absolute Gasteiger partial charge is 0.339 e. The number of amides is 1. The second-order valence-electron chi connectivity index (χ2n) is 5.48. The molecule has 2 heterocycles. The van der Waals surface area contributed by atoms with Crippen LogP contribution in [-0.2, 0) is 14.9 Å². The van der Waals surface area contributed by atoms with E-state index >= 15 is 0 Å². The van der Waals surface area contributed by atoms with Gasteiger partial charge in [-0.1, -0.05) is 6.07 Å². The summed E-state index contributed by atoms with van der Waals surface area (Å²) in [6.07, 6.45) is 3.35. The van der Waals surface area contributed by atoms with Crippen molar-refractivity contribution >= 4 is 21.7 Å². The van der Waals surface area contributed by atoms with E-state index < -0.39 is 10.1 Å². The lowest BCUT2D eigenvalue weighted by atomic mass is 10.2. The van der Waals surface area contributed by atoms with Crippen LogP contribution in [0.1, 0.15) is 0 Å². The third-order valence-electron chi connectivity index (χ3n) is 3.67. The van der Waals surface area contributed by atoms with Gasteiger partial charge in [0, 0.05) is 18.5 Å². The molecule has 0 spiro atoms. The first-order valence-corrected chi connectivity index (χ1v) is 9.03. The first kappa shape index (κ1) is 16.2. The molecule has 1 aliphatic rings.